The summed E-state index contributed by atoms with van der Waals surface area (Å²) >= 11 is 0. The summed E-state index contributed by atoms with van der Waals surface area (Å²) in [5.74, 6) is -1.19. The zero-order valence-electron chi connectivity index (χ0n) is 9.94. The first kappa shape index (κ1) is 13.2. The molecule has 1 aliphatic heterocycles. The lowest BCUT2D eigenvalue weighted by atomic mass is 10.2. The molecule has 1 atom stereocenters. The maximum absolute atomic E-state index is 10.3. The standard InChI is InChI=1S/C12H20O4/c1-12(2)15-9-10(16-12)7-5-3-4-6-8-11(13)14/h3,5,10H,4,6-9H2,1-2H3,(H,13,14)/b5-3-/t10-/m0/s1. The van der Waals surface area contributed by atoms with Crippen LogP contribution in [0.15, 0.2) is 12.2 Å². The lowest BCUT2D eigenvalue weighted by molar-refractivity contribution is -0.138. The van der Waals surface area contributed by atoms with E-state index in [-0.39, 0.29) is 12.5 Å². The highest BCUT2D eigenvalue weighted by molar-refractivity contribution is 5.66. The summed E-state index contributed by atoms with van der Waals surface area (Å²) < 4.78 is 11.1. The second-order valence-corrected chi connectivity index (χ2v) is 4.44. The van der Waals surface area contributed by atoms with Gasteiger partial charge in [-0.3, -0.25) is 4.79 Å². The fourth-order valence-electron chi connectivity index (χ4n) is 1.62. The van der Waals surface area contributed by atoms with Crippen molar-refractivity contribution in [3.63, 3.8) is 0 Å². The number of carboxylic acid groups (broad SMARTS) is 1. The maximum atomic E-state index is 10.3. The molecule has 92 valence electrons. The third-order valence-electron chi connectivity index (χ3n) is 2.39. The fourth-order valence-corrected chi connectivity index (χ4v) is 1.62. The number of unbranched alkanes of at least 4 members (excludes halogenated alkanes) is 1. The molecule has 1 aliphatic rings. The van der Waals surface area contributed by atoms with E-state index in [4.69, 9.17) is 14.6 Å². The van der Waals surface area contributed by atoms with Crippen molar-refractivity contribution in [1.82, 2.24) is 0 Å². The van der Waals surface area contributed by atoms with Crippen molar-refractivity contribution in [2.45, 2.75) is 51.4 Å². The maximum Gasteiger partial charge on any atom is 0.303 e. The molecule has 0 saturated carbocycles. The zero-order valence-corrected chi connectivity index (χ0v) is 9.94. The molecule has 0 aromatic rings. The van der Waals surface area contributed by atoms with E-state index in [0.29, 0.717) is 13.0 Å². The van der Waals surface area contributed by atoms with Crippen molar-refractivity contribution in [1.29, 1.82) is 0 Å². The number of hydrogen-bond donors (Lipinski definition) is 1. The normalized spacial score (nSPS) is 24.0. The minimum Gasteiger partial charge on any atom is -0.481 e. The van der Waals surface area contributed by atoms with E-state index < -0.39 is 11.8 Å². The monoisotopic (exact) mass is 228 g/mol. The van der Waals surface area contributed by atoms with Crippen LogP contribution >= 0.6 is 0 Å². The van der Waals surface area contributed by atoms with Crippen LogP contribution in [0.25, 0.3) is 0 Å². The van der Waals surface area contributed by atoms with Crippen LogP contribution in [0.1, 0.15) is 39.5 Å². The Kier molecular flexibility index (Phi) is 4.96. The average molecular weight is 228 g/mol. The fraction of sp³-hybridized carbons (Fsp3) is 0.750. The van der Waals surface area contributed by atoms with Crippen molar-refractivity contribution >= 4 is 5.97 Å². The molecule has 0 aliphatic carbocycles. The van der Waals surface area contributed by atoms with Crippen molar-refractivity contribution in [3.8, 4) is 0 Å². The summed E-state index contributed by atoms with van der Waals surface area (Å²) in [6.45, 7) is 4.44. The van der Waals surface area contributed by atoms with Gasteiger partial charge in [-0.15, -0.1) is 0 Å². The number of ether oxygens (including phenoxy) is 2. The Morgan fingerprint density at radius 1 is 1.50 bits per heavy atom. The number of rotatable bonds is 6. The Bertz CT molecular complexity index is 258. The third-order valence-corrected chi connectivity index (χ3v) is 2.39. The number of carbonyl (C=O) groups is 1. The van der Waals surface area contributed by atoms with E-state index in [0.717, 1.165) is 12.8 Å². The zero-order chi connectivity index (χ0) is 12.0. The van der Waals surface area contributed by atoms with Crippen LogP contribution in [0.3, 0.4) is 0 Å². The van der Waals surface area contributed by atoms with Crippen molar-refractivity contribution < 1.29 is 19.4 Å². The van der Waals surface area contributed by atoms with Crippen LogP contribution in [-0.4, -0.2) is 29.6 Å². The molecule has 0 spiro atoms. The average Bonchev–Trinajstić information content (AvgIpc) is 2.51. The molecule has 1 N–H and O–H groups in total. The van der Waals surface area contributed by atoms with Gasteiger partial charge in [-0.2, -0.15) is 0 Å². The van der Waals surface area contributed by atoms with E-state index in [9.17, 15) is 4.79 Å². The summed E-state index contributed by atoms with van der Waals surface area (Å²) in [6.07, 6.45) is 6.75. The van der Waals surface area contributed by atoms with Gasteiger partial charge in [-0.1, -0.05) is 12.2 Å². The number of carboxylic acids is 1. The van der Waals surface area contributed by atoms with Crippen LogP contribution in [0.5, 0.6) is 0 Å². The highest BCUT2D eigenvalue weighted by Gasteiger charge is 2.31. The molecule has 1 fully saturated rings. The van der Waals surface area contributed by atoms with E-state index in [2.05, 4.69) is 0 Å². The van der Waals surface area contributed by atoms with Crippen LogP contribution in [0.2, 0.25) is 0 Å². The third kappa shape index (κ3) is 5.28. The van der Waals surface area contributed by atoms with Gasteiger partial charge in [0.1, 0.15) is 0 Å². The quantitative estimate of drug-likeness (QED) is 0.560. The SMILES string of the molecule is CC1(C)OC[C@H](C/C=C\CCCC(=O)O)O1. The molecule has 4 nitrogen and oxygen atoms in total. The topological polar surface area (TPSA) is 55.8 Å². The number of aliphatic carboxylic acids is 1. The number of allylic oxidation sites excluding steroid dienone is 1. The molecular weight excluding hydrogens is 208 g/mol. The van der Waals surface area contributed by atoms with Gasteiger partial charge in [-0.05, 0) is 33.1 Å². The molecule has 0 amide bonds. The van der Waals surface area contributed by atoms with Crippen molar-refractivity contribution in [3.05, 3.63) is 12.2 Å². The Morgan fingerprint density at radius 2 is 2.25 bits per heavy atom. The summed E-state index contributed by atoms with van der Waals surface area (Å²) in [5.41, 5.74) is 0. The predicted molar refractivity (Wildman–Crippen MR) is 60.1 cm³/mol. The lowest BCUT2D eigenvalue weighted by Gasteiger charge is -2.16. The molecule has 1 rings (SSSR count). The molecule has 0 unspecified atom stereocenters. The summed E-state index contributed by atoms with van der Waals surface area (Å²) in [5, 5.41) is 8.44. The summed E-state index contributed by atoms with van der Waals surface area (Å²) in [6, 6.07) is 0. The summed E-state index contributed by atoms with van der Waals surface area (Å²) in [7, 11) is 0. The smallest absolute Gasteiger partial charge is 0.303 e. The molecule has 0 bridgehead atoms. The van der Waals surface area contributed by atoms with Crippen LogP contribution in [0.4, 0.5) is 0 Å². The van der Waals surface area contributed by atoms with Gasteiger partial charge < -0.3 is 14.6 Å². The Morgan fingerprint density at radius 3 is 2.81 bits per heavy atom. The van der Waals surface area contributed by atoms with Gasteiger partial charge in [0, 0.05) is 6.42 Å². The van der Waals surface area contributed by atoms with Gasteiger partial charge in [-0.25, -0.2) is 0 Å². The molecule has 16 heavy (non-hydrogen) atoms. The van der Waals surface area contributed by atoms with Gasteiger partial charge in [0.15, 0.2) is 5.79 Å². The lowest BCUT2D eigenvalue weighted by Crippen LogP contribution is -2.21. The molecule has 4 heteroatoms. The first-order valence-electron chi connectivity index (χ1n) is 5.68. The molecule has 0 radical (unpaired) electrons. The minimum atomic E-state index is -0.734. The highest BCUT2D eigenvalue weighted by Crippen LogP contribution is 2.24. The van der Waals surface area contributed by atoms with Crippen LogP contribution in [-0.2, 0) is 14.3 Å². The Balaban J connectivity index is 2.07. The van der Waals surface area contributed by atoms with E-state index >= 15 is 0 Å². The molecule has 1 saturated heterocycles. The van der Waals surface area contributed by atoms with Gasteiger partial charge >= 0.3 is 5.97 Å². The largest absolute Gasteiger partial charge is 0.481 e. The van der Waals surface area contributed by atoms with E-state index in [1.165, 1.54) is 0 Å². The molecular formula is C12H20O4. The van der Waals surface area contributed by atoms with Crippen molar-refractivity contribution in [2.24, 2.45) is 0 Å². The van der Waals surface area contributed by atoms with E-state index in [1.54, 1.807) is 0 Å². The molecule has 0 aromatic heterocycles. The Labute approximate surface area is 96.2 Å². The predicted octanol–water partition coefficient (Wildman–Crippen LogP) is 2.34. The second-order valence-electron chi connectivity index (χ2n) is 4.44. The van der Waals surface area contributed by atoms with Crippen LogP contribution < -0.4 is 0 Å². The first-order valence-corrected chi connectivity index (χ1v) is 5.68. The van der Waals surface area contributed by atoms with Crippen LogP contribution in [0, 0.1) is 0 Å². The molecule has 1 heterocycles. The highest BCUT2D eigenvalue weighted by atomic mass is 16.7. The van der Waals surface area contributed by atoms with Gasteiger partial charge in [0.2, 0.25) is 0 Å². The molecule has 0 aromatic carbocycles. The summed E-state index contributed by atoms with van der Waals surface area (Å²) in [4.78, 5) is 10.3. The number of hydrogen-bond acceptors (Lipinski definition) is 3. The minimum absolute atomic E-state index is 0.130. The van der Waals surface area contributed by atoms with Gasteiger partial charge in [0.05, 0.1) is 12.7 Å². The first-order chi connectivity index (χ1) is 7.49. The Hall–Kier alpha value is -0.870. The second kappa shape index (κ2) is 6.01. The van der Waals surface area contributed by atoms with E-state index in [1.807, 2.05) is 26.0 Å². The van der Waals surface area contributed by atoms with Gasteiger partial charge in [0.25, 0.3) is 0 Å². The van der Waals surface area contributed by atoms with Crippen molar-refractivity contribution in [2.75, 3.05) is 6.61 Å².